The molecule has 0 saturated carbocycles. The fourth-order valence-corrected chi connectivity index (χ4v) is 5.26. The number of nitrogens with one attached hydrogen (secondary N) is 1. The fraction of sp³-hybridized carbons (Fsp3) is 0.190. The zero-order chi connectivity index (χ0) is 22.9. The summed E-state index contributed by atoms with van der Waals surface area (Å²) in [5.41, 5.74) is 1.53. The van der Waals surface area contributed by atoms with E-state index in [1.54, 1.807) is 23.1 Å². The molecule has 32 heavy (non-hydrogen) atoms. The normalized spacial score (nSPS) is 15.0. The molecule has 0 unspecified atom stereocenters. The van der Waals surface area contributed by atoms with Crippen molar-refractivity contribution in [2.75, 3.05) is 31.1 Å². The van der Waals surface area contributed by atoms with Gasteiger partial charge in [0.25, 0.3) is 11.6 Å². The van der Waals surface area contributed by atoms with Gasteiger partial charge in [-0.3, -0.25) is 20.1 Å². The Kier molecular flexibility index (Phi) is 5.78. The maximum Gasteiger partial charge on any atom is 0.276 e. The van der Waals surface area contributed by atoms with E-state index in [4.69, 9.17) is 5.21 Å². The fourth-order valence-electron chi connectivity index (χ4n) is 3.80. The molecule has 166 valence electrons. The number of piperazine rings is 1. The first-order chi connectivity index (χ1) is 15.3. The van der Waals surface area contributed by atoms with Gasteiger partial charge in [-0.05, 0) is 29.0 Å². The molecule has 0 aromatic heterocycles. The van der Waals surface area contributed by atoms with Gasteiger partial charge in [-0.1, -0.05) is 30.3 Å². The molecule has 1 saturated heterocycles. The molecule has 0 atom stereocenters. The van der Waals surface area contributed by atoms with Crippen LogP contribution in [0.2, 0.25) is 0 Å². The quantitative estimate of drug-likeness (QED) is 0.342. The number of nitro groups is 1. The first-order valence-corrected chi connectivity index (χ1v) is 11.2. The molecule has 2 N–H and O–H groups in total. The maximum atomic E-state index is 13.2. The lowest BCUT2D eigenvalue weighted by molar-refractivity contribution is -0.384. The SMILES string of the molecule is O=C(NO)c1cc([N+](=O)[O-])ccc1N1CCN(S(=O)(=O)c2ccc3ccccc3c2)CC1. The molecular formula is C21H20N4O6S. The number of sulfonamides is 1. The van der Waals surface area contributed by atoms with E-state index in [0.717, 1.165) is 16.8 Å². The molecule has 4 rings (SSSR count). The summed E-state index contributed by atoms with van der Waals surface area (Å²) in [5.74, 6) is -0.880. The van der Waals surface area contributed by atoms with Gasteiger partial charge >= 0.3 is 0 Å². The monoisotopic (exact) mass is 456 g/mol. The van der Waals surface area contributed by atoms with Gasteiger partial charge in [-0.25, -0.2) is 13.9 Å². The molecule has 1 aliphatic heterocycles. The minimum Gasteiger partial charge on any atom is -0.368 e. The van der Waals surface area contributed by atoms with E-state index in [9.17, 15) is 23.3 Å². The van der Waals surface area contributed by atoms with Crippen LogP contribution in [0.15, 0.2) is 65.6 Å². The average Bonchev–Trinajstić information content (AvgIpc) is 2.82. The zero-order valence-electron chi connectivity index (χ0n) is 16.8. The smallest absolute Gasteiger partial charge is 0.276 e. The number of nitro benzene ring substituents is 1. The number of hydroxylamine groups is 1. The number of fused-ring (bicyclic) bond motifs is 1. The number of rotatable bonds is 5. The molecule has 3 aromatic carbocycles. The Hall–Kier alpha value is -3.54. The lowest BCUT2D eigenvalue weighted by Crippen LogP contribution is -2.49. The van der Waals surface area contributed by atoms with Crippen molar-refractivity contribution in [1.29, 1.82) is 0 Å². The lowest BCUT2D eigenvalue weighted by Gasteiger charge is -2.36. The van der Waals surface area contributed by atoms with Crippen LogP contribution in [0, 0.1) is 10.1 Å². The van der Waals surface area contributed by atoms with Crippen LogP contribution >= 0.6 is 0 Å². The van der Waals surface area contributed by atoms with Crippen LogP contribution in [0.3, 0.4) is 0 Å². The standard InChI is InChI=1S/C21H20N4O6S/c26-21(22-27)19-14-17(25(28)29)6-8-20(19)23-9-11-24(12-10-23)32(30,31)18-7-5-15-3-1-2-4-16(15)13-18/h1-8,13-14,27H,9-12H2,(H,22,26). The Labute approximate surface area is 183 Å². The van der Waals surface area contributed by atoms with Crippen LogP contribution in [0.5, 0.6) is 0 Å². The van der Waals surface area contributed by atoms with E-state index in [1.165, 1.54) is 21.9 Å². The minimum atomic E-state index is -3.71. The maximum absolute atomic E-state index is 13.2. The van der Waals surface area contributed by atoms with Crippen molar-refractivity contribution in [2.24, 2.45) is 0 Å². The molecular weight excluding hydrogens is 436 g/mol. The van der Waals surface area contributed by atoms with Gasteiger partial charge in [0.2, 0.25) is 10.0 Å². The number of non-ortho nitro benzene ring substituents is 1. The van der Waals surface area contributed by atoms with Crippen molar-refractivity contribution in [3.8, 4) is 0 Å². The van der Waals surface area contributed by atoms with Crippen LogP contribution in [0.1, 0.15) is 10.4 Å². The summed E-state index contributed by atoms with van der Waals surface area (Å²) in [4.78, 5) is 24.4. The lowest BCUT2D eigenvalue weighted by atomic mass is 10.1. The number of hydrogen-bond acceptors (Lipinski definition) is 7. The van der Waals surface area contributed by atoms with E-state index >= 15 is 0 Å². The van der Waals surface area contributed by atoms with Gasteiger partial charge in [0.15, 0.2) is 0 Å². The van der Waals surface area contributed by atoms with Crippen molar-refractivity contribution in [1.82, 2.24) is 9.79 Å². The molecule has 1 aliphatic rings. The highest BCUT2D eigenvalue weighted by atomic mass is 32.2. The predicted molar refractivity (Wildman–Crippen MR) is 117 cm³/mol. The molecule has 0 aliphatic carbocycles. The Morgan fingerprint density at radius 1 is 0.969 bits per heavy atom. The summed E-state index contributed by atoms with van der Waals surface area (Å²) >= 11 is 0. The van der Waals surface area contributed by atoms with Gasteiger partial charge < -0.3 is 4.90 Å². The Morgan fingerprint density at radius 3 is 2.31 bits per heavy atom. The molecule has 1 fully saturated rings. The van der Waals surface area contributed by atoms with Crippen molar-refractivity contribution >= 4 is 38.1 Å². The summed E-state index contributed by atoms with van der Waals surface area (Å²) in [7, 11) is -3.71. The molecule has 10 nitrogen and oxygen atoms in total. The van der Waals surface area contributed by atoms with Crippen LogP contribution in [-0.4, -0.2) is 54.9 Å². The molecule has 0 spiro atoms. The van der Waals surface area contributed by atoms with E-state index < -0.39 is 20.9 Å². The molecule has 0 radical (unpaired) electrons. The summed E-state index contributed by atoms with van der Waals surface area (Å²) in [6, 6.07) is 16.3. The number of carbonyl (C=O) groups is 1. The molecule has 1 heterocycles. The first-order valence-electron chi connectivity index (χ1n) is 9.78. The third kappa shape index (κ3) is 4.00. The van der Waals surface area contributed by atoms with E-state index in [1.807, 2.05) is 24.3 Å². The first kappa shape index (κ1) is 21.7. The van der Waals surface area contributed by atoms with E-state index in [-0.39, 0.29) is 42.3 Å². The molecule has 3 aromatic rings. The minimum absolute atomic E-state index is 0.0625. The molecule has 0 bridgehead atoms. The van der Waals surface area contributed by atoms with Crippen molar-refractivity contribution in [3.05, 3.63) is 76.3 Å². The highest BCUT2D eigenvalue weighted by Crippen LogP contribution is 2.28. The van der Waals surface area contributed by atoms with Crippen LogP contribution < -0.4 is 10.4 Å². The Balaban J connectivity index is 1.56. The number of amides is 1. The van der Waals surface area contributed by atoms with Gasteiger partial charge in [0.05, 0.1) is 21.1 Å². The van der Waals surface area contributed by atoms with Gasteiger partial charge in [0, 0.05) is 38.3 Å². The third-order valence-electron chi connectivity index (χ3n) is 5.48. The summed E-state index contributed by atoms with van der Waals surface area (Å²) in [5, 5.41) is 21.8. The summed E-state index contributed by atoms with van der Waals surface area (Å²) in [6.45, 7) is 0.894. The zero-order valence-corrected chi connectivity index (χ0v) is 17.7. The van der Waals surface area contributed by atoms with E-state index in [2.05, 4.69) is 0 Å². The topological polar surface area (TPSA) is 133 Å². The number of benzene rings is 3. The van der Waals surface area contributed by atoms with Crippen LogP contribution in [0.25, 0.3) is 10.8 Å². The number of carbonyl (C=O) groups excluding carboxylic acids is 1. The Morgan fingerprint density at radius 2 is 1.66 bits per heavy atom. The molecule has 11 heteroatoms. The van der Waals surface area contributed by atoms with Gasteiger partial charge in [-0.2, -0.15) is 4.31 Å². The van der Waals surface area contributed by atoms with Crippen molar-refractivity contribution in [2.45, 2.75) is 4.90 Å². The largest absolute Gasteiger partial charge is 0.368 e. The number of anilines is 1. The van der Waals surface area contributed by atoms with Crippen LogP contribution in [0.4, 0.5) is 11.4 Å². The Bertz CT molecular complexity index is 1300. The summed E-state index contributed by atoms with van der Waals surface area (Å²) < 4.78 is 27.7. The molecule has 1 amide bonds. The second-order valence-electron chi connectivity index (χ2n) is 7.30. The number of hydrogen-bond donors (Lipinski definition) is 2. The van der Waals surface area contributed by atoms with Crippen molar-refractivity contribution in [3.63, 3.8) is 0 Å². The number of nitrogens with zero attached hydrogens (tertiary/aromatic N) is 3. The predicted octanol–water partition coefficient (Wildman–Crippen LogP) is 2.38. The second-order valence-corrected chi connectivity index (χ2v) is 9.24. The van der Waals surface area contributed by atoms with E-state index in [0.29, 0.717) is 5.69 Å². The van der Waals surface area contributed by atoms with Gasteiger partial charge in [0.1, 0.15) is 0 Å². The third-order valence-corrected chi connectivity index (χ3v) is 7.37. The van der Waals surface area contributed by atoms with Crippen molar-refractivity contribution < 1.29 is 23.3 Å². The van der Waals surface area contributed by atoms with Gasteiger partial charge in [-0.15, -0.1) is 0 Å². The second kappa shape index (κ2) is 8.54. The average molecular weight is 456 g/mol. The highest BCUT2D eigenvalue weighted by molar-refractivity contribution is 7.89. The van der Waals surface area contributed by atoms with Crippen LogP contribution in [-0.2, 0) is 10.0 Å². The summed E-state index contributed by atoms with van der Waals surface area (Å²) in [6.07, 6.45) is 0. The highest BCUT2D eigenvalue weighted by Gasteiger charge is 2.30.